The van der Waals surface area contributed by atoms with Gasteiger partial charge in [0, 0.05) is 26.8 Å². The summed E-state index contributed by atoms with van der Waals surface area (Å²) in [6.07, 6.45) is 0.606. The number of nitrogens with zero attached hydrogens (tertiary/aromatic N) is 1. The Labute approximate surface area is 111 Å². The van der Waals surface area contributed by atoms with E-state index in [1.165, 1.54) is 7.11 Å². The summed E-state index contributed by atoms with van der Waals surface area (Å²) in [6, 6.07) is 0. The molecule has 0 saturated carbocycles. The van der Waals surface area contributed by atoms with Crippen LogP contribution in [0, 0.1) is 0 Å². The van der Waals surface area contributed by atoms with E-state index in [0.717, 1.165) is 26.2 Å². The average molecular weight is 260 g/mol. The average Bonchev–Trinajstić information content (AvgIpc) is 2.40. The van der Waals surface area contributed by atoms with Gasteiger partial charge in [0.1, 0.15) is 5.54 Å². The molecule has 0 bridgehead atoms. The SMILES string of the molecule is CCN(CC)CCNC(C)(CCOC)C(=O)OC. The molecule has 0 rings (SSSR count). The van der Waals surface area contributed by atoms with Crippen molar-refractivity contribution in [2.45, 2.75) is 32.7 Å². The summed E-state index contributed by atoms with van der Waals surface area (Å²) in [5.74, 6) is -0.237. The zero-order valence-electron chi connectivity index (χ0n) is 12.4. The van der Waals surface area contributed by atoms with E-state index in [2.05, 4.69) is 24.1 Å². The molecule has 0 heterocycles. The molecule has 1 N–H and O–H groups in total. The molecule has 5 nitrogen and oxygen atoms in total. The minimum Gasteiger partial charge on any atom is -0.468 e. The van der Waals surface area contributed by atoms with Crippen LogP contribution in [0.15, 0.2) is 0 Å². The first kappa shape index (κ1) is 17.4. The predicted octanol–water partition coefficient (Wildman–Crippen LogP) is 0.886. The van der Waals surface area contributed by atoms with Crippen molar-refractivity contribution in [2.24, 2.45) is 0 Å². The van der Waals surface area contributed by atoms with E-state index in [-0.39, 0.29) is 5.97 Å². The van der Waals surface area contributed by atoms with E-state index in [1.54, 1.807) is 7.11 Å². The number of methoxy groups -OCH3 is 2. The highest BCUT2D eigenvalue weighted by Crippen LogP contribution is 2.11. The maximum atomic E-state index is 11.8. The van der Waals surface area contributed by atoms with E-state index >= 15 is 0 Å². The van der Waals surface area contributed by atoms with Gasteiger partial charge in [0.2, 0.25) is 0 Å². The van der Waals surface area contributed by atoms with Gasteiger partial charge < -0.3 is 19.7 Å². The van der Waals surface area contributed by atoms with Crippen LogP contribution < -0.4 is 5.32 Å². The first-order valence-electron chi connectivity index (χ1n) is 6.58. The van der Waals surface area contributed by atoms with Crippen molar-refractivity contribution in [1.82, 2.24) is 10.2 Å². The smallest absolute Gasteiger partial charge is 0.325 e. The molecule has 0 fully saturated rings. The van der Waals surface area contributed by atoms with Crippen molar-refractivity contribution in [3.8, 4) is 0 Å². The minimum atomic E-state index is -0.669. The van der Waals surface area contributed by atoms with Gasteiger partial charge in [0.15, 0.2) is 0 Å². The zero-order valence-corrected chi connectivity index (χ0v) is 12.4. The second-order valence-corrected chi connectivity index (χ2v) is 4.52. The van der Waals surface area contributed by atoms with Crippen LogP contribution in [-0.4, -0.2) is 63.4 Å². The Balaban J connectivity index is 4.28. The van der Waals surface area contributed by atoms with Crippen molar-refractivity contribution in [1.29, 1.82) is 0 Å². The predicted molar refractivity (Wildman–Crippen MR) is 72.7 cm³/mol. The third-order valence-corrected chi connectivity index (χ3v) is 3.28. The molecule has 0 aliphatic rings. The van der Waals surface area contributed by atoms with E-state index in [9.17, 15) is 4.79 Å². The summed E-state index contributed by atoms with van der Waals surface area (Å²) in [4.78, 5) is 14.1. The molecule has 5 heteroatoms. The fraction of sp³-hybridized carbons (Fsp3) is 0.923. The first-order chi connectivity index (χ1) is 8.53. The maximum Gasteiger partial charge on any atom is 0.325 e. The summed E-state index contributed by atoms with van der Waals surface area (Å²) >= 11 is 0. The molecule has 1 atom stereocenters. The van der Waals surface area contributed by atoms with Gasteiger partial charge in [0.25, 0.3) is 0 Å². The molecule has 0 aromatic rings. The Morgan fingerprint density at radius 3 is 2.33 bits per heavy atom. The Morgan fingerprint density at radius 1 is 1.28 bits per heavy atom. The quantitative estimate of drug-likeness (QED) is 0.591. The van der Waals surface area contributed by atoms with Crippen LogP contribution in [0.5, 0.6) is 0 Å². The molecule has 18 heavy (non-hydrogen) atoms. The summed E-state index contributed by atoms with van der Waals surface area (Å²) in [5, 5.41) is 3.28. The number of carbonyl (C=O) groups is 1. The third-order valence-electron chi connectivity index (χ3n) is 3.28. The molecule has 0 aliphatic heterocycles. The van der Waals surface area contributed by atoms with Crippen molar-refractivity contribution in [3.63, 3.8) is 0 Å². The van der Waals surface area contributed by atoms with Crippen LogP contribution in [0.3, 0.4) is 0 Å². The Morgan fingerprint density at radius 2 is 1.89 bits per heavy atom. The first-order valence-corrected chi connectivity index (χ1v) is 6.58. The van der Waals surface area contributed by atoms with Gasteiger partial charge in [-0.05, 0) is 26.4 Å². The summed E-state index contributed by atoms with van der Waals surface area (Å²) in [6.45, 7) is 10.4. The lowest BCUT2D eigenvalue weighted by Crippen LogP contribution is -2.52. The molecular formula is C13H28N2O3. The van der Waals surface area contributed by atoms with Gasteiger partial charge in [-0.25, -0.2) is 0 Å². The van der Waals surface area contributed by atoms with Crippen molar-refractivity contribution < 1.29 is 14.3 Å². The number of nitrogens with one attached hydrogen (secondary N) is 1. The standard InChI is InChI=1S/C13H28N2O3/c1-6-15(7-2)10-9-14-13(3,8-11-17-4)12(16)18-5/h14H,6-11H2,1-5H3. The normalized spacial score (nSPS) is 14.6. The van der Waals surface area contributed by atoms with Crippen LogP contribution in [-0.2, 0) is 14.3 Å². The molecule has 108 valence electrons. The van der Waals surface area contributed by atoms with Crippen LogP contribution in [0.1, 0.15) is 27.2 Å². The maximum absolute atomic E-state index is 11.8. The highest BCUT2D eigenvalue weighted by molar-refractivity contribution is 5.80. The van der Waals surface area contributed by atoms with Gasteiger partial charge >= 0.3 is 5.97 Å². The third kappa shape index (κ3) is 5.80. The molecule has 0 amide bonds. The fourth-order valence-corrected chi connectivity index (χ4v) is 1.82. The van der Waals surface area contributed by atoms with Crippen LogP contribution >= 0.6 is 0 Å². The Bertz CT molecular complexity index is 232. The summed E-state index contributed by atoms with van der Waals surface area (Å²) in [5.41, 5.74) is -0.669. The van der Waals surface area contributed by atoms with Crippen LogP contribution in [0.25, 0.3) is 0 Å². The van der Waals surface area contributed by atoms with Crippen LogP contribution in [0.4, 0.5) is 0 Å². The van der Waals surface area contributed by atoms with E-state index in [4.69, 9.17) is 9.47 Å². The number of hydrogen-bond acceptors (Lipinski definition) is 5. The molecule has 0 saturated heterocycles. The lowest BCUT2D eigenvalue weighted by molar-refractivity contribution is -0.148. The van der Waals surface area contributed by atoms with Crippen molar-refractivity contribution in [3.05, 3.63) is 0 Å². The van der Waals surface area contributed by atoms with Gasteiger partial charge in [-0.3, -0.25) is 4.79 Å². The molecule has 0 aromatic carbocycles. The Kier molecular flexibility index (Phi) is 8.97. The lowest BCUT2D eigenvalue weighted by Gasteiger charge is -2.29. The highest BCUT2D eigenvalue weighted by atomic mass is 16.5. The number of ether oxygens (including phenoxy) is 2. The molecule has 0 aromatic heterocycles. The second-order valence-electron chi connectivity index (χ2n) is 4.52. The number of carbonyl (C=O) groups excluding carboxylic acids is 1. The summed E-state index contributed by atoms with van der Waals surface area (Å²) < 4.78 is 9.90. The number of likely N-dealkylation sites (N-methyl/N-ethyl adjacent to an activating group) is 1. The molecular weight excluding hydrogens is 232 g/mol. The summed E-state index contributed by atoms with van der Waals surface area (Å²) in [7, 11) is 3.05. The van der Waals surface area contributed by atoms with E-state index in [1.807, 2.05) is 6.92 Å². The van der Waals surface area contributed by atoms with Gasteiger partial charge in [-0.1, -0.05) is 13.8 Å². The molecule has 1 unspecified atom stereocenters. The van der Waals surface area contributed by atoms with E-state index < -0.39 is 5.54 Å². The number of hydrogen-bond donors (Lipinski definition) is 1. The Hall–Kier alpha value is -0.650. The fourth-order valence-electron chi connectivity index (χ4n) is 1.82. The molecule has 0 spiro atoms. The second kappa shape index (κ2) is 9.30. The van der Waals surface area contributed by atoms with Crippen molar-refractivity contribution in [2.75, 3.05) is 47.0 Å². The molecule has 0 radical (unpaired) electrons. The number of rotatable bonds is 10. The lowest BCUT2D eigenvalue weighted by atomic mass is 9.98. The monoisotopic (exact) mass is 260 g/mol. The minimum absolute atomic E-state index is 0.237. The van der Waals surface area contributed by atoms with Gasteiger partial charge in [-0.2, -0.15) is 0 Å². The largest absolute Gasteiger partial charge is 0.468 e. The van der Waals surface area contributed by atoms with Gasteiger partial charge in [0.05, 0.1) is 7.11 Å². The molecule has 0 aliphatic carbocycles. The van der Waals surface area contributed by atoms with Crippen molar-refractivity contribution >= 4 is 5.97 Å². The zero-order chi connectivity index (χ0) is 14.0. The van der Waals surface area contributed by atoms with Crippen LogP contribution in [0.2, 0.25) is 0 Å². The van der Waals surface area contributed by atoms with Gasteiger partial charge in [-0.15, -0.1) is 0 Å². The van der Waals surface area contributed by atoms with E-state index in [0.29, 0.717) is 13.0 Å². The number of esters is 1. The highest BCUT2D eigenvalue weighted by Gasteiger charge is 2.33. The topological polar surface area (TPSA) is 50.8 Å².